The molecule has 1 aromatic heterocycles. The van der Waals surface area contributed by atoms with Crippen LogP contribution in [-0.4, -0.2) is 52.3 Å². The highest BCUT2D eigenvalue weighted by Gasteiger charge is 2.26. The predicted molar refractivity (Wildman–Crippen MR) is 146 cm³/mol. The van der Waals surface area contributed by atoms with Crippen molar-refractivity contribution >= 4 is 0 Å². The van der Waals surface area contributed by atoms with Gasteiger partial charge < -0.3 is 29.8 Å². The third-order valence-electron chi connectivity index (χ3n) is 6.42. The Labute approximate surface area is 215 Å². The smallest absolute Gasteiger partial charge is 0.238 e. The van der Waals surface area contributed by atoms with Gasteiger partial charge in [0.1, 0.15) is 5.60 Å². The highest BCUT2D eigenvalue weighted by atomic mass is 16.5. The number of aromatic amines is 1. The van der Waals surface area contributed by atoms with Crippen molar-refractivity contribution in [3.63, 3.8) is 0 Å². The summed E-state index contributed by atoms with van der Waals surface area (Å²) >= 11 is 0. The van der Waals surface area contributed by atoms with Crippen molar-refractivity contribution in [2.24, 2.45) is 5.92 Å². The molecule has 7 heteroatoms. The maximum absolute atomic E-state index is 12.5. The van der Waals surface area contributed by atoms with Gasteiger partial charge in [-0.05, 0) is 66.5 Å². The highest BCUT2D eigenvalue weighted by Crippen LogP contribution is 2.23. The zero-order valence-electron chi connectivity index (χ0n) is 23.5. The van der Waals surface area contributed by atoms with E-state index in [1.165, 1.54) is 45.3 Å². The van der Waals surface area contributed by atoms with Crippen LogP contribution < -0.4 is 14.9 Å². The molecule has 0 fully saturated rings. The Hall–Kier alpha value is -2.61. The van der Waals surface area contributed by atoms with E-state index in [1.54, 1.807) is 13.8 Å². The Morgan fingerprint density at radius 3 is 2.22 bits per heavy atom. The molecule has 4 N–H and O–H groups in total. The van der Waals surface area contributed by atoms with Gasteiger partial charge in [-0.2, -0.15) is 0 Å². The predicted octanol–water partition coefficient (Wildman–Crippen LogP) is 4.55. The van der Waals surface area contributed by atoms with Crippen molar-refractivity contribution in [3.05, 3.63) is 68.1 Å². The Bertz CT molecular complexity index is 1070. The topological polar surface area (TPSA) is 112 Å². The van der Waals surface area contributed by atoms with Gasteiger partial charge in [-0.1, -0.05) is 41.9 Å². The lowest BCUT2D eigenvalue weighted by Crippen LogP contribution is -2.36. The molecule has 1 aromatic rings. The maximum Gasteiger partial charge on any atom is 0.238 e. The number of methoxy groups -OCH3 is 2. The SMILES string of the molecule is COc1[nH]c(C/C=C(\C)C/C(C)=C/C(C)=C\[C@@H](C)[C@@H](O)/C(C)=C/[C@](C)(O)[C@@H](C)O)c(C)c(=O)c1OC. The number of hydrogen-bond acceptors (Lipinski definition) is 6. The molecule has 0 aromatic carbocycles. The Kier molecular flexibility index (Phi) is 11.9. The van der Waals surface area contributed by atoms with Crippen LogP contribution in [0.5, 0.6) is 11.6 Å². The second kappa shape index (κ2) is 13.6. The summed E-state index contributed by atoms with van der Waals surface area (Å²) in [6.45, 7) is 14.6. The third kappa shape index (κ3) is 8.80. The normalized spacial score (nSPS) is 17.9. The van der Waals surface area contributed by atoms with E-state index in [4.69, 9.17) is 9.47 Å². The minimum atomic E-state index is -1.40. The van der Waals surface area contributed by atoms with E-state index in [0.717, 1.165) is 17.7 Å². The number of aliphatic hydroxyl groups is 3. The molecule has 0 aliphatic carbocycles. The fourth-order valence-corrected chi connectivity index (χ4v) is 4.09. The number of aromatic nitrogens is 1. The molecule has 0 aliphatic heterocycles. The standard InChI is InChI=1S/C29H45NO6/c1-17(11-12-24-22(6)26(33)27(35-9)28(30-24)36-10)13-18(2)14-19(3)15-20(4)25(32)21(5)16-29(8,34)23(7)31/h11,14-16,20,23,25,31-32,34H,12-13H2,1-10H3,(H,30,33)/b17-11+,18-14+,19-15-,21-16+/t20-,23-,25-,29+/m1/s1. The van der Waals surface area contributed by atoms with Crippen LogP contribution in [0.2, 0.25) is 0 Å². The molecule has 202 valence electrons. The summed E-state index contributed by atoms with van der Waals surface area (Å²) in [7, 11) is 2.94. The van der Waals surface area contributed by atoms with Crippen molar-refractivity contribution in [2.75, 3.05) is 14.2 Å². The highest BCUT2D eigenvalue weighted by molar-refractivity contribution is 5.40. The van der Waals surface area contributed by atoms with Crippen LogP contribution in [0.15, 0.2) is 51.4 Å². The maximum atomic E-state index is 12.5. The molecule has 7 nitrogen and oxygen atoms in total. The minimum Gasteiger partial charge on any atom is -0.488 e. The quantitative estimate of drug-likeness (QED) is 0.246. The first-order chi connectivity index (χ1) is 16.6. The number of allylic oxidation sites excluding steroid dienone is 5. The van der Waals surface area contributed by atoms with Crippen LogP contribution in [0.3, 0.4) is 0 Å². The lowest BCUT2D eigenvalue weighted by atomic mass is 9.90. The van der Waals surface area contributed by atoms with Crippen LogP contribution in [0, 0.1) is 12.8 Å². The average molecular weight is 504 g/mol. The number of aliphatic hydroxyl groups excluding tert-OH is 2. The molecular weight excluding hydrogens is 458 g/mol. The van der Waals surface area contributed by atoms with Crippen LogP contribution in [0.1, 0.15) is 66.1 Å². The second-order valence-corrected chi connectivity index (χ2v) is 10.1. The molecule has 0 saturated carbocycles. The summed E-state index contributed by atoms with van der Waals surface area (Å²) in [5.74, 6) is 0.331. The molecular formula is C29H45NO6. The summed E-state index contributed by atoms with van der Waals surface area (Å²) in [5, 5.41) is 30.7. The summed E-state index contributed by atoms with van der Waals surface area (Å²) in [6.07, 6.45) is 7.33. The van der Waals surface area contributed by atoms with Gasteiger partial charge in [-0.15, -0.1) is 0 Å². The van der Waals surface area contributed by atoms with E-state index >= 15 is 0 Å². The van der Waals surface area contributed by atoms with Gasteiger partial charge in [-0.25, -0.2) is 0 Å². The van der Waals surface area contributed by atoms with Crippen molar-refractivity contribution < 1.29 is 24.8 Å². The van der Waals surface area contributed by atoms with E-state index in [2.05, 4.69) is 31.0 Å². The largest absolute Gasteiger partial charge is 0.488 e. The first-order valence-corrected chi connectivity index (χ1v) is 12.3. The van der Waals surface area contributed by atoms with Gasteiger partial charge in [0.2, 0.25) is 17.1 Å². The van der Waals surface area contributed by atoms with Crippen LogP contribution in [-0.2, 0) is 6.42 Å². The molecule has 4 atom stereocenters. The van der Waals surface area contributed by atoms with E-state index in [0.29, 0.717) is 23.4 Å². The Morgan fingerprint density at radius 2 is 1.69 bits per heavy atom. The first kappa shape index (κ1) is 31.4. The summed E-state index contributed by atoms with van der Waals surface area (Å²) in [6, 6.07) is 0. The van der Waals surface area contributed by atoms with Crippen molar-refractivity contribution in [1.29, 1.82) is 0 Å². The molecule has 0 aliphatic rings. The molecule has 0 saturated heterocycles. The lowest BCUT2D eigenvalue weighted by molar-refractivity contribution is -0.0168. The van der Waals surface area contributed by atoms with E-state index < -0.39 is 17.8 Å². The Morgan fingerprint density at radius 1 is 1.08 bits per heavy atom. The van der Waals surface area contributed by atoms with Gasteiger partial charge in [0, 0.05) is 23.6 Å². The van der Waals surface area contributed by atoms with Crippen molar-refractivity contribution in [1.82, 2.24) is 4.98 Å². The van der Waals surface area contributed by atoms with Crippen molar-refractivity contribution in [3.8, 4) is 11.6 Å². The monoisotopic (exact) mass is 503 g/mol. The molecule has 0 spiro atoms. The van der Waals surface area contributed by atoms with Crippen molar-refractivity contribution in [2.45, 2.75) is 86.0 Å². The third-order valence-corrected chi connectivity index (χ3v) is 6.42. The molecule has 1 rings (SSSR count). The molecule has 0 unspecified atom stereocenters. The van der Waals surface area contributed by atoms with E-state index in [9.17, 15) is 20.1 Å². The number of H-pyrrole nitrogens is 1. The first-order valence-electron chi connectivity index (χ1n) is 12.3. The molecule has 0 radical (unpaired) electrons. The molecule has 0 bridgehead atoms. The summed E-state index contributed by atoms with van der Waals surface area (Å²) < 4.78 is 10.4. The van der Waals surface area contributed by atoms with Crippen LogP contribution >= 0.6 is 0 Å². The zero-order valence-corrected chi connectivity index (χ0v) is 23.5. The molecule has 0 amide bonds. The molecule has 1 heterocycles. The van der Waals surface area contributed by atoms with E-state index in [1.807, 2.05) is 19.9 Å². The number of nitrogens with one attached hydrogen (secondary N) is 1. The van der Waals surface area contributed by atoms with Gasteiger partial charge in [0.05, 0.1) is 26.4 Å². The van der Waals surface area contributed by atoms with E-state index in [-0.39, 0.29) is 17.1 Å². The van der Waals surface area contributed by atoms with Crippen LogP contribution in [0.4, 0.5) is 0 Å². The number of rotatable bonds is 12. The fraction of sp³-hybridized carbons (Fsp3) is 0.552. The number of ether oxygens (including phenoxy) is 2. The number of pyridine rings is 1. The average Bonchev–Trinajstić information content (AvgIpc) is 2.78. The van der Waals surface area contributed by atoms with Gasteiger partial charge in [0.15, 0.2) is 0 Å². The second-order valence-electron chi connectivity index (χ2n) is 10.1. The fourth-order valence-electron chi connectivity index (χ4n) is 4.09. The van der Waals surface area contributed by atoms with Gasteiger partial charge in [0.25, 0.3) is 0 Å². The van der Waals surface area contributed by atoms with Gasteiger partial charge >= 0.3 is 0 Å². The zero-order chi connectivity index (χ0) is 27.8. The van der Waals surface area contributed by atoms with Gasteiger partial charge in [-0.3, -0.25) is 4.79 Å². The van der Waals surface area contributed by atoms with Crippen LogP contribution in [0.25, 0.3) is 0 Å². The summed E-state index contributed by atoms with van der Waals surface area (Å²) in [4.78, 5) is 15.7. The molecule has 36 heavy (non-hydrogen) atoms. The Balaban J connectivity index is 2.93. The number of hydrogen-bond donors (Lipinski definition) is 4. The lowest BCUT2D eigenvalue weighted by Gasteiger charge is -2.26. The minimum absolute atomic E-state index is 0.170. The summed E-state index contributed by atoms with van der Waals surface area (Å²) in [5.41, 5.74) is 3.79.